The normalized spacial score (nSPS) is 22.9. The Morgan fingerprint density at radius 3 is 2.96 bits per heavy atom. The van der Waals surface area contributed by atoms with E-state index in [2.05, 4.69) is 16.7 Å². The molecule has 1 saturated heterocycles. The number of hydrogen-bond acceptors (Lipinski definition) is 4. The maximum Gasteiger partial charge on any atom is 0.237 e. The number of para-hydroxylation sites is 1. The van der Waals surface area contributed by atoms with Gasteiger partial charge in [0.2, 0.25) is 11.8 Å². The third-order valence-electron chi connectivity index (χ3n) is 4.48. The minimum Gasteiger partial charge on any atom is -0.392 e. The molecule has 2 atom stereocenters. The number of carbonyl (C=O) groups is 2. The summed E-state index contributed by atoms with van der Waals surface area (Å²) in [4.78, 5) is 26.0. The summed E-state index contributed by atoms with van der Waals surface area (Å²) in [6, 6.07) is 7.68. The van der Waals surface area contributed by atoms with Crippen LogP contribution in [0.15, 0.2) is 24.3 Å². The molecule has 2 aliphatic heterocycles. The first-order valence-corrected chi connectivity index (χ1v) is 8.22. The number of fused-ring (bicyclic) bond motifs is 1. The monoisotopic (exact) mass is 317 g/mol. The van der Waals surface area contributed by atoms with E-state index in [1.165, 1.54) is 5.56 Å². The Morgan fingerprint density at radius 1 is 1.35 bits per heavy atom. The fourth-order valence-corrected chi connectivity index (χ4v) is 3.22. The maximum absolute atomic E-state index is 12.3. The summed E-state index contributed by atoms with van der Waals surface area (Å²) < 4.78 is 0. The highest BCUT2D eigenvalue weighted by atomic mass is 16.3. The third kappa shape index (κ3) is 3.71. The van der Waals surface area contributed by atoms with Crippen molar-refractivity contribution in [1.29, 1.82) is 0 Å². The first-order valence-electron chi connectivity index (χ1n) is 8.22. The van der Waals surface area contributed by atoms with E-state index < -0.39 is 6.10 Å². The number of nitrogens with zero attached hydrogens (tertiary/aromatic N) is 1. The van der Waals surface area contributed by atoms with E-state index in [-0.39, 0.29) is 17.9 Å². The van der Waals surface area contributed by atoms with Crippen LogP contribution in [0.4, 0.5) is 5.69 Å². The number of anilines is 1. The summed E-state index contributed by atoms with van der Waals surface area (Å²) in [5.74, 6) is 0.0131. The van der Waals surface area contributed by atoms with Crippen LogP contribution in [0.1, 0.15) is 24.8 Å². The highest BCUT2D eigenvalue weighted by Gasteiger charge is 2.28. The Kier molecular flexibility index (Phi) is 4.93. The van der Waals surface area contributed by atoms with Crippen LogP contribution in [-0.2, 0) is 16.0 Å². The molecule has 1 aromatic rings. The van der Waals surface area contributed by atoms with Gasteiger partial charge in [-0.25, -0.2) is 0 Å². The maximum atomic E-state index is 12.3. The van der Waals surface area contributed by atoms with Gasteiger partial charge in [-0.2, -0.15) is 0 Å². The van der Waals surface area contributed by atoms with Crippen LogP contribution < -0.4 is 15.5 Å². The predicted molar refractivity (Wildman–Crippen MR) is 87.2 cm³/mol. The second-order valence-corrected chi connectivity index (χ2v) is 6.17. The van der Waals surface area contributed by atoms with Crippen LogP contribution in [0.3, 0.4) is 0 Å². The summed E-state index contributed by atoms with van der Waals surface area (Å²) in [5.41, 5.74) is 2.24. The number of rotatable bonds is 5. The number of nitrogens with one attached hydrogen (secondary N) is 2. The topological polar surface area (TPSA) is 81.7 Å². The lowest BCUT2D eigenvalue weighted by Gasteiger charge is -2.17. The van der Waals surface area contributed by atoms with Crippen LogP contribution in [-0.4, -0.2) is 48.7 Å². The van der Waals surface area contributed by atoms with E-state index in [0.29, 0.717) is 32.4 Å². The number of aliphatic hydroxyl groups is 1. The van der Waals surface area contributed by atoms with Crippen LogP contribution in [0, 0.1) is 0 Å². The van der Waals surface area contributed by atoms with Crippen molar-refractivity contribution in [3.63, 3.8) is 0 Å². The molecule has 6 nitrogen and oxygen atoms in total. The van der Waals surface area contributed by atoms with E-state index in [9.17, 15) is 14.7 Å². The second-order valence-electron chi connectivity index (χ2n) is 6.17. The molecule has 124 valence electrons. The molecular weight excluding hydrogens is 294 g/mol. The Bertz CT molecular complexity index is 590. The van der Waals surface area contributed by atoms with Crippen LogP contribution >= 0.6 is 0 Å². The predicted octanol–water partition coefficient (Wildman–Crippen LogP) is 0.195. The van der Waals surface area contributed by atoms with Gasteiger partial charge in [0, 0.05) is 31.7 Å². The molecule has 2 heterocycles. The van der Waals surface area contributed by atoms with Crippen molar-refractivity contribution < 1.29 is 14.7 Å². The lowest BCUT2D eigenvalue weighted by Crippen LogP contribution is -2.41. The Balaban J connectivity index is 1.40. The standard InChI is InChI=1S/C17H23N3O3/c21-13-10-14(19-11-13)17(23)18-8-3-6-16(22)20-9-7-12-4-1-2-5-15(12)20/h1-2,4-5,13-14,19,21H,3,6-11H2,(H,18,23). The van der Waals surface area contributed by atoms with Crippen molar-refractivity contribution in [2.45, 2.75) is 37.8 Å². The lowest BCUT2D eigenvalue weighted by atomic mass is 10.2. The zero-order valence-electron chi connectivity index (χ0n) is 13.1. The molecule has 0 bridgehead atoms. The van der Waals surface area contributed by atoms with Gasteiger partial charge in [-0.1, -0.05) is 18.2 Å². The second kappa shape index (κ2) is 7.10. The highest BCUT2D eigenvalue weighted by molar-refractivity contribution is 5.95. The van der Waals surface area contributed by atoms with Crippen molar-refractivity contribution in [1.82, 2.24) is 10.6 Å². The third-order valence-corrected chi connectivity index (χ3v) is 4.48. The zero-order valence-corrected chi connectivity index (χ0v) is 13.1. The van der Waals surface area contributed by atoms with Crippen molar-refractivity contribution >= 4 is 17.5 Å². The molecule has 3 rings (SSSR count). The molecule has 6 heteroatoms. The smallest absolute Gasteiger partial charge is 0.237 e. The summed E-state index contributed by atoms with van der Waals surface area (Å²) >= 11 is 0. The number of benzene rings is 1. The number of amides is 2. The van der Waals surface area contributed by atoms with Gasteiger partial charge < -0.3 is 20.6 Å². The lowest BCUT2D eigenvalue weighted by molar-refractivity contribution is -0.123. The molecule has 0 spiro atoms. The van der Waals surface area contributed by atoms with E-state index in [4.69, 9.17) is 0 Å². The molecule has 0 saturated carbocycles. The molecule has 2 amide bonds. The van der Waals surface area contributed by atoms with Crippen LogP contribution in [0.25, 0.3) is 0 Å². The molecule has 0 radical (unpaired) electrons. The number of carbonyl (C=O) groups excluding carboxylic acids is 2. The first-order chi connectivity index (χ1) is 11.1. The fourth-order valence-electron chi connectivity index (χ4n) is 3.22. The summed E-state index contributed by atoms with van der Waals surface area (Å²) in [6.45, 7) is 1.69. The van der Waals surface area contributed by atoms with E-state index in [0.717, 1.165) is 18.7 Å². The molecule has 23 heavy (non-hydrogen) atoms. The fraction of sp³-hybridized carbons (Fsp3) is 0.529. The molecule has 1 aromatic carbocycles. The molecule has 3 N–H and O–H groups in total. The number of hydrogen-bond donors (Lipinski definition) is 3. The van der Waals surface area contributed by atoms with Gasteiger partial charge in [-0.3, -0.25) is 9.59 Å². The summed E-state index contributed by atoms with van der Waals surface area (Å²) in [5, 5.41) is 15.2. The van der Waals surface area contributed by atoms with Crippen molar-refractivity contribution in [2.24, 2.45) is 0 Å². The van der Waals surface area contributed by atoms with Gasteiger partial charge in [0.1, 0.15) is 0 Å². The first kappa shape index (κ1) is 16.0. The molecule has 0 aromatic heterocycles. The molecule has 1 fully saturated rings. The van der Waals surface area contributed by atoms with Crippen LogP contribution in [0.5, 0.6) is 0 Å². The Labute approximate surface area is 135 Å². The van der Waals surface area contributed by atoms with Gasteiger partial charge >= 0.3 is 0 Å². The Morgan fingerprint density at radius 2 is 2.17 bits per heavy atom. The SMILES string of the molecule is O=C(NCCCC(=O)N1CCc2ccccc21)C1CC(O)CN1. The molecule has 2 unspecified atom stereocenters. The van der Waals surface area contributed by atoms with Crippen molar-refractivity contribution in [3.05, 3.63) is 29.8 Å². The number of aliphatic hydroxyl groups excluding tert-OH is 1. The van der Waals surface area contributed by atoms with Gasteiger partial charge in [0.15, 0.2) is 0 Å². The molecular formula is C17H23N3O3. The van der Waals surface area contributed by atoms with Gasteiger partial charge in [0.25, 0.3) is 0 Å². The number of β-amino-alcohol motifs (C(OH)–C–C–N with tert-alkyl or cyclic N) is 1. The van der Waals surface area contributed by atoms with Crippen LogP contribution in [0.2, 0.25) is 0 Å². The van der Waals surface area contributed by atoms with Gasteiger partial charge in [0.05, 0.1) is 12.1 Å². The molecule has 0 aliphatic carbocycles. The van der Waals surface area contributed by atoms with E-state index in [1.807, 2.05) is 23.1 Å². The quantitative estimate of drug-likeness (QED) is 0.678. The molecule has 2 aliphatic rings. The van der Waals surface area contributed by atoms with Crippen molar-refractivity contribution in [2.75, 3.05) is 24.5 Å². The summed E-state index contributed by atoms with van der Waals surface area (Å²) in [7, 11) is 0. The summed E-state index contributed by atoms with van der Waals surface area (Å²) in [6.07, 6.45) is 1.97. The van der Waals surface area contributed by atoms with Gasteiger partial charge in [-0.15, -0.1) is 0 Å². The minimum atomic E-state index is -0.442. The van der Waals surface area contributed by atoms with Crippen molar-refractivity contribution in [3.8, 4) is 0 Å². The highest BCUT2D eigenvalue weighted by Crippen LogP contribution is 2.27. The minimum absolute atomic E-state index is 0.0967. The van der Waals surface area contributed by atoms with E-state index in [1.54, 1.807) is 0 Å². The largest absolute Gasteiger partial charge is 0.392 e. The Hall–Kier alpha value is -1.92. The zero-order chi connectivity index (χ0) is 16.2. The average Bonchev–Trinajstić information content (AvgIpc) is 3.17. The van der Waals surface area contributed by atoms with Gasteiger partial charge in [-0.05, 0) is 30.9 Å². The average molecular weight is 317 g/mol. The van der Waals surface area contributed by atoms with E-state index >= 15 is 0 Å².